The summed E-state index contributed by atoms with van der Waals surface area (Å²) in [4.78, 5) is 28.9. The van der Waals surface area contributed by atoms with Crippen LogP contribution in [0.2, 0.25) is 10.0 Å². The van der Waals surface area contributed by atoms with Gasteiger partial charge in [-0.15, -0.1) is 0 Å². The summed E-state index contributed by atoms with van der Waals surface area (Å²) < 4.78 is 109. The second-order valence-corrected chi connectivity index (χ2v) is 10.3. The van der Waals surface area contributed by atoms with Crippen molar-refractivity contribution >= 4 is 46.0 Å². The molecule has 4 N–H and O–H groups in total. The van der Waals surface area contributed by atoms with E-state index in [-0.39, 0.29) is 44.5 Å². The van der Waals surface area contributed by atoms with Gasteiger partial charge in [-0.2, -0.15) is 26.3 Å². The van der Waals surface area contributed by atoms with Crippen molar-refractivity contribution in [2.45, 2.75) is 44.2 Å². The van der Waals surface area contributed by atoms with Crippen LogP contribution in [0.15, 0.2) is 24.3 Å². The average molecular weight is 664 g/mol. The fourth-order valence-electron chi connectivity index (χ4n) is 3.74. The lowest BCUT2D eigenvalue weighted by molar-refractivity contribution is -0.187. The molecule has 0 fully saturated rings. The topological polar surface area (TPSA) is 111 Å². The van der Waals surface area contributed by atoms with E-state index < -0.39 is 67.1 Å². The molecule has 0 aliphatic carbocycles. The molecule has 0 bridgehead atoms. The highest BCUT2D eigenvalue weighted by molar-refractivity contribution is 6.36. The fraction of sp³-hybridized carbons (Fsp3) is 0.400. The van der Waals surface area contributed by atoms with Crippen molar-refractivity contribution in [2.75, 3.05) is 13.2 Å². The number of hydrogen-bond donors (Lipinski definition) is 3. The van der Waals surface area contributed by atoms with Gasteiger partial charge in [0, 0.05) is 31.1 Å². The zero-order chi connectivity index (χ0) is 32.5. The zero-order valence-electron chi connectivity index (χ0n) is 22.2. The van der Waals surface area contributed by atoms with Crippen LogP contribution in [-0.4, -0.2) is 58.8 Å². The number of carbonyl (C=O) groups excluding carboxylic acids is 2. The minimum atomic E-state index is -5.02. The Morgan fingerprint density at radius 3 is 2.33 bits per heavy atom. The molecule has 0 aliphatic heterocycles. The van der Waals surface area contributed by atoms with Crippen molar-refractivity contribution in [3.63, 3.8) is 0 Å². The maximum absolute atomic E-state index is 13.1. The fourth-order valence-corrected chi connectivity index (χ4v) is 4.31. The van der Waals surface area contributed by atoms with E-state index in [1.807, 2.05) is 0 Å². The zero-order valence-corrected chi connectivity index (χ0v) is 23.7. The maximum atomic E-state index is 13.1. The lowest BCUT2D eigenvalue weighted by Gasteiger charge is -2.26. The first-order valence-corrected chi connectivity index (χ1v) is 12.8. The van der Waals surface area contributed by atoms with Crippen LogP contribution < -0.4 is 21.1 Å². The third-order valence-electron chi connectivity index (χ3n) is 6.23. The third kappa shape index (κ3) is 7.97. The lowest BCUT2D eigenvalue weighted by Crippen LogP contribution is -2.61. The Hall–Kier alpha value is -3.37. The summed E-state index contributed by atoms with van der Waals surface area (Å²) in [5, 5.41) is 3.84. The minimum Gasteiger partial charge on any atom is -0.487 e. The smallest absolute Gasteiger partial charge is 0.415 e. The molecule has 3 aromatic rings. The second-order valence-electron chi connectivity index (χ2n) is 9.48. The number of nitrogens with one attached hydrogen (secondary N) is 2. The Kier molecular flexibility index (Phi) is 10.1. The van der Waals surface area contributed by atoms with Crippen LogP contribution in [0.3, 0.4) is 0 Å². The number of fused-ring (bicyclic) bond motifs is 1. The van der Waals surface area contributed by atoms with Gasteiger partial charge in [0.25, 0.3) is 12.3 Å². The van der Waals surface area contributed by atoms with E-state index >= 15 is 0 Å². The first kappa shape index (κ1) is 34.1. The number of benzene rings is 2. The Morgan fingerprint density at radius 2 is 1.74 bits per heavy atom. The summed E-state index contributed by atoms with van der Waals surface area (Å²) in [6.45, 7) is -2.75. The Balaban J connectivity index is 1.95. The summed E-state index contributed by atoms with van der Waals surface area (Å²) in [6, 6.07) is 5.00. The van der Waals surface area contributed by atoms with E-state index in [0.717, 1.165) is 12.1 Å². The predicted octanol–water partition coefficient (Wildman–Crippen LogP) is 5.30. The maximum Gasteiger partial charge on any atom is 0.415 e. The average Bonchev–Trinajstić information content (AvgIpc) is 3.20. The molecule has 0 saturated carbocycles. The quantitative estimate of drug-likeness (QED) is 0.255. The Morgan fingerprint density at radius 1 is 1.09 bits per heavy atom. The number of hydrogen-bond acceptors (Lipinski definition) is 5. The summed E-state index contributed by atoms with van der Waals surface area (Å²) in [5.41, 5.74) is 2.27. The molecule has 2 aromatic carbocycles. The molecular weight excluding hydrogens is 641 g/mol. The number of rotatable bonds is 10. The largest absolute Gasteiger partial charge is 0.487 e. The molecule has 18 heteroatoms. The molecule has 43 heavy (non-hydrogen) atoms. The summed E-state index contributed by atoms with van der Waals surface area (Å²) in [5.74, 6) is -2.92. The summed E-state index contributed by atoms with van der Waals surface area (Å²) in [6.07, 6.45) is -12.8. The van der Waals surface area contributed by atoms with Gasteiger partial charge >= 0.3 is 12.4 Å². The molecule has 8 nitrogen and oxygen atoms in total. The van der Waals surface area contributed by atoms with Gasteiger partial charge in [0.1, 0.15) is 24.7 Å². The summed E-state index contributed by atoms with van der Waals surface area (Å²) in [7, 11) is 1.51. The summed E-state index contributed by atoms with van der Waals surface area (Å²) >= 11 is 12.8. The third-order valence-corrected chi connectivity index (χ3v) is 7.06. The van der Waals surface area contributed by atoms with Gasteiger partial charge in [0.15, 0.2) is 5.54 Å². The SMILES string of the molecule is Cn1c(Cc2c(Cl)ccc(CNC(=O)C(C)(N)C(F)(F)F)c2Cl)nc2cc(C(=O)NCC(F)(F)F)c(OCC(F)F)cc21. The van der Waals surface area contributed by atoms with E-state index in [4.69, 9.17) is 33.7 Å². The van der Waals surface area contributed by atoms with Crippen LogP contribution in [0.1, 0.15) is 34.2 Å². The minimum absolute atomic E-state index is 0.0150. The van der Waals surface area contributed by atoms with Crippen molar-refractivity contribution in [3.05, 3.63) is 56.8 Å². The van der Waals surface area contributed by atoms with Crippen molar-refractivity contribution in [1.29, 1.82) is 0 Å². The molecule has 1 atom stereocenters. The molecular formula is C25H23Cl2F8N5O3. The van der Waals surface area contributed by atoms with E-state index in [9.17, 15) is 44.7 Å². The van der Waals surface area contributed by atoms with Crippen LogP contribution in [0, 0.1) is 0 Å². The van der Waals surface area contributed by atoms with Crippen LogP contribution in [0.4, 0.5) is 35.1 Å². The Bertz CT molecular complexity index is 1520. The van der Waals surface area contributed by atoms with E-state index in [1.54, 1.807) is 5.32 Å². The van der Waals surface area contributed by atoms with E-state index in [0.29, 0.717) is 6.92 Å². The number of ether oxygens (including phenoxy) is 1. The van der Waals surface area contributed by atoms with E-state index in [1.165, 1.54) is 23.7 Å². The number of amides is 2. The monoisotopic (exact) mass is 663 g/mol. The number of halogens is 10. The molecule has 0 aliphatic rings. The number of imidazole rings is 1. The first-order chi connectivity index (χ1) is 19.7. The number of nitrogens with two attached hydrogens (primary N) is 1. The highest BCUT2D eigenvalue weighted by Crippen LogP contribution is 2.33. The van der Waals surface area contributed by atoms with Gasteiger partial charge in [-0.05, 0) is 30.2 Å². The number of carbonyl (C=O) groups is 2. The lowest BCUT2D eigenvalue weighted by atomic mass is 10.0. The Labute approximate surface area is 248 Å². The van der Waals surface area contributed by atoms with Crippen LogP contribution in [0.25, 0.3) is 11.0 Å². The number of nitrogens with zero attached hydrogens (tertiary/aromatic N) is 2. The molecule has 1 aromatic heterocycles. The van der Waals surface area contributed by atoms with Crippen LogP contribution in [0.5, 0.6) is 5.75 Å². The molecule has 1 heterocycles. The number of aryl methyl sites for hydroxylation is 1. The molecule has 236 valence electrons. The highest BCUT2D eigenvalue weighted by Gasteiger charge is 2.53. The number of aromatic nitrogens is 2. The molecule has 3 rings (SSSR count). The standard InChI is InChI=1S/C25H23Cl2F8N5O3/c1-23(36,25(33,34)35)22(42)37-8-11-3-4-14(26)12(20(11)27)6-19-39-15-5-13(21(41)38-10-24(30,31)32)17(43-9-18(28)29)7-16(15)40(19)2/h3-5,7,18H,6,8-10,36H2,1-2H3,(H,37,42)(H,38,41). The van der Waals surface area contributed by atoms with Crippen LogP contribution >= 0.6 is 23.2 Å². The molecule has 1 unspecified atom stereocenters. The van der Waals surface area contributed by atoms with E-state index in [2.05, 4.69) is 10.3 Å². The van der Waals surface area contributed by atoms with Gasteiger partial charge in [-0.3, -0.25) is 9.59 Å². The van der Waals surface area contributed by atoms with Crippen molar-refractivity contribution in [1.82, 2.24) is 20.2 Å². The van der Waals surface area contributed by atoms with Gasteiger partial charge in [-0.1, -0.05) is 29.3 Å². The first-order valence-electron chi connectivity index (χ1n) is 12.1. The van der Waals surface area contributed by atoms with Gasteiger partial charge in [0.05, 0.1) is 21.6 Å². The van der Waals surface area contributed by atoms with Gasteiger partial charge in [-0.25, -0.2) is 13.8 Å². The van der Waals surface area contributed by atoms with Gasteiger partial charge < -0.3 is 25.7 Å². The number of alkyl halides is 8. The normalized spacial score (nSPS) is 13.7. The van der Waals surface area contributed by atoms with Crippen molar-refractivity contribution in [2.24, 2.45) is 12.8 Å². The van der Waals surface area contributed by atoms with Crippen molar-refractivity contribution in [3.8, 4) is 5.75 Å². The molecule has 0 saturated heterocycles. The highest BCUT2D eigenvalue weighted by atomic mass is 35.5. The van der Waals surface area contributed by atoms with Crippen LogP contribution in [-0.2, 0) is 24.8 Å². The second kappa shape index (κ2) is 12.7. The molecule has 0 spiro atoms. The molecule has 2 amide bonds. The predicted molar refractivity (Wildman–Crippen MR) is 140 cm³/mol. The van der Waals surface area contributed by atoms with Crippen molar-refractivity contribution < 1.29 is 49.4 Å². The van der Waals surface area contributed by atoms with Gasteiger partial charge in [0.2, 0.25) is 5.91 Å². The molecule has 0 radical (unpaired) electrons.